The summed E-state index contributed by atoms with van der Waals surface area (Å²) in [5.41, 5.74) is 0.615. The van der Waals surface area contributed by atoms with Gasteiger partial charge >= 0.3 is 6.09 Å². The number of ether oxygens (including phenoxy) is 2. The molecule has 2 aliphatic rings. The first kappa shape index (κ1) is 12.2. The third-order valence-electron chi connectivity index (χ3n) is 2.71. The van der Waals surface area contributed by atoms with Gasteiger partial charge in [0, 0.05) is 25.8 Å². The van der Waals surface area contributed by atoms with E-state index in [0.29, 0.717) is 13.2 Å². The highest BCUT2D eigenvalue weighted by Crippen LogP contribution is 2.18. The lowest BCUT2D eigenvalue weighted by Crippen LogP contribution is -2.46. The Morgan fingerprint density at radius 1 is 1.35 bits per heavy atom. The van der Waals surface area contributed by atoms with Crippen molar-refractivity contribution in [2.24, 2.45) is 0 Å². The molecular weight excluding hydrogens is 220 g/mol. The van der Waals surface area contributed by atoms with Crippen molar-refractivity contribution in [1.29, 1.82) is 0 Å². The molecule has 0 N–H and O–H groups in total. The molecule has 0 unspecified atom stereocenters. The second kappa shape index (κ2) is 4.56. The van der Waals surface area contributed by atoms with E-state index in [1.54, 1.807) is 4.90 Å². The SMILES string of the molecule is CC(C)(C)OC(=O)N1C=C2COCCN2CC1. The first-order valence-corrected chi connectivity index (χ1v) is 5.99. The summed E-state index contributed by atoms with van der Waals surface area (Å²) >= 11 is 0. The highest BCUT2D eigenvalue weighted by Gasteiger charge is 2.27. The van der Waals surface area contributed by atoms with Crippen LogP contribution in [0.4, 0.5) is 4.79 Å². The molecule has 0 saturated carbocycles. The van der Waals surface area contributed by atoms with Gasteiger partial charge in [0.05, 0.1) is 18.9 Å². The molecule has 0 aliphatic carbocycles. The maximum Gasteiger partial charge on any atom is 0.414 e. The lowest BCUT2D eigenvalue weighted by molar-refractivity contribution is 0.0218. The zero-order valence-electron chi connectivity index (χ0n) is 10.7. The summed E-state index contributed by atoms with van der Waals surface area (Å²) in [7, 11) is 0. The van der Waals surface area contributed by atoms with Crippen LogP contribution in [0.2, 0.25) is 0 Å². The molecule has 0 aromatic rings. The van der Waals surface area contributed by atoms with Crippen LogP contribution in [-0.2, 0) is 9.47 Å². The van der Waals surface area contributed by atoms with Gasteiger partial charge in [0.25, 0.3) is 0 Å². The minimum atomic E-state index is -0.449. The molecule has 96 valence electrons. The van der Waals surface area contributed by atoms with Crippen molar-refractivity contribution in [3.63, 3.8) is 0 Å². The molecule has 0 bridgehead atoms. The second-order valence-electron chi connectivity index (χ2n) is 5.33. The van der Waals surface area contributed by atoms with Crippen LogP contribution >= 0.6 is 0 Å². The topological polar surface area (TPSA) is 42.0 Å². The summed E-state index contributed by atoms with van der Waals surface area (Å²) in [6.45, 7) is 9.41. The van der Waals surface area contributed by atoms with Crippen molar-refractivity contribution >= 4 is 6.09 Å². The molecule has 2 rings (SSSR count). The molecule has 2 heterocycles. The maximum atomic E-state index is 11.9. The number of fused-ring (bicyclic) bond motifs is 1. The molecule has 17 heavy (non-hydrogen) atoms. The summed E-state index contributed by atoms with van der Waals surface area (Å²) in [6.07, 6.45) is 1.56. The average Bonchev–Trinajstić information content (AvgIpc) is 2.26. The van der Waals surface area contributed by atoms with Gasteiger partial charge in [0.2, 0.25) is 0 Å². The molecule has 0 aromatic heterocycles. The van der Waals surface area contributed by atoms with E-state index in [1.807, 2.05) is 27.0 Å². The molecule has 0 spiro atoms. The fraction of sp³-hybridized carbons (Fsp3) is 0.750. The third-order valence-corrected chi connectivity index (χ3v) is 2.71. The number of rotatable bonds is 0. The van der Waals surface area contributed by atoms with Crippen molar-refractivity contribution in [2.45, 2.75) is 26.4 Å². The minimum Gasteiger partial charge on any atom is -0.443 e. The van der Waals surface area contributed by atoms with Crippen molar-refractivity contribution in [3.05, 3.63) is 11.9 Å². The van der Waals surface area contributed by atoms with Gasteiger partial charge in [-0.2, -0.15) is 0 Å². The van der Waals surface area contributed by atoms with Crippen LogP contribution in [0.1, 0.15) is 20.8 Å². The van der Waals surface area contributed by atoms with Gasteiger partial charge < -0.3 is 14.4 Å². The number of carbonyl (C=O) groups is 1. The van der Waals surface area contributed by atoms with E-state index in [4.69, 9.17) is 9.47 Å². The van der Waals surface area contributed by atoms with Crippen molar-refractivity contribution < 1.29 is 14.3 Å². The standard InChI is InChI=1S/C12H20N2O3/c1-12(2,3)17-11(15)14-5-4-13-6-7-16-9-10(13)8-14/h8H,4-7,9H2,1-3H3. The summed E-state index contributed by atoms with van der Waals surface area (Å²) in [6, 6.07) is 0. The van der Waals surface area contributed by atoms with Gasteiger partial charge in [0.1, 0.15) is 5.60 Å². The van der Waals surface area contributed by atoms with Crippen LogP contribution in [0.5, 0.6) is 0 Å². The molecule has 1 amide bonds. The fourth-order valence-electron chi connectivity index (χ4n) is 1.90. The molecule has 0 atom stereocenters. The fourth-order valence-corrected chi connectivity index (χ4v) is 1.90. The first-order valence-electron chi connectivity index (χ1n) is 5.99. The average molecular weight is 240 g/mol. The number of hydrogen-bond acceptors (Lipinski definition) is 4. The van der Waals surface area contributed by atoms with Gasteiger partial charge in [0.15, 0.2) is 0 Å². The Morgan fingerprint density at radius 3 is 2.82 bits per heavy atom. The van der Waals surface area contributed by atoms with Crippen molar-refractivity contribution in [3.8, 4) is 0 Å². The van der Waals surface area contributed by atoms with E-state index in [1.165, 1.54) is 0 Å². The van der Waals surface area contributed by atoms with Crippen LogP contribution in [0.3, 0.4) is 0 Å². The number of hydrogen-bond donors (Lipinski definition) is 0. The predicted molar refractivity (Wildman–Crippen MR) is 63.4 cm³/mol. The Balaban J connectivity index is 2.01. The zero-order valence-corrected chi connectivity index (χ0v) is 10.7. The molecule has 1 fully saturated rings. The van der Waals surface area contributed by atoms with Crippen molar-refractivity contribution in [2.75, 3.05) is 32.8 Å². The molecular formula is C12H20N2O3. The smallest absolute Gasteiger partial charge is 0.414 e. The molecule has 0 aromatic carbocycles. The van der Waals surface area contributed by atoms with E-state index in [9.17, 15) is 4.79 Å². The van der Waals surface area contributed by atoms with E-state index < -0.39 is 5.60 Å². The predicted octanol–water partition coefficient (Wildman–Crippen LogP) is 1.41. The second-order valence-corrected chi connectivity index (χ2v) is 5.33. The number of amides is 1. The largest absolute Gasteiger partial charge is 0.443 e. The minimum absolute atomic E-state index is 0.282. The normalized spacial score (nSPS) is 20.8. The van der Waals surface area contributed by atoms with Crippen LogP contribution in [0.25, 0.3) is 0 Å². The Morgan fingerprint density at radius 2 is 2.12 bits per heavy atom. The lowest BCUT2D eigenvalue weighted by Gasteiger charge is -2.38. The third kappa shape index (κ3) is 3.12. The quantitative estimate of drug-likeness (QED) is 0.642. The van der Waals surface area contributed by atoms with Gasteiger partial charge in [-0.05, 0) is 20.8 Å². The van der Waals surface area contributed by atoms with Crippen LogP contribution in [0, 0.1) is 0 Å². The van der Waals surface area contributed by atoms with Gasteiger partial charge in [-0.3, -0.25) is 4.90 Å². The van der Waals surface area contributed by atoms with E-state index in [2.05, 4.69) is 4.90 Å². The van der Waals surface area contributed by atoms with Crippen LogP contribution in [-0.4, -0.2) is 54.3 Å². The molecule has 5 heteroatoms. The summed E-state index contributed by atoms with van der Waals surface area (Å²) in [5, 5.41) is 0. The van der Waals surface area contributed by atoms with E-state index in [-0.39, 0.29) is 6.09 Å². The molecule has 5 nitrogen and oxygen atoms in total. The van der Waals surface area contributed by atoms with E-state index in [0.717, 1.165) is 25.4 Å². The van der Waals surface area contributed by atoms with Crippen LogP contribution in [0.15, 0.2) is 11.9 Å². The summed E-state index contributed by atoms with van der Waals surface area (Å²) in [5.74, 6) is 0. The highest BCUT2D eigenvalue weighted by molar-refractivity contribution is 5.69. The first-order chi connectivity index (χ1) is 7.96. The Hall–Kier alpha value is -1.23. The van der Waals surface area contributed by atoms with Gasteiger partial charge in [-0.1, -0.05) is 0 Å². The number of carbonyl (C=O) groups excluding carboxylic acids is 1. The van der Waals surface area contributed by atoms with Crippen LogP contribution < -0.4 is 0 Å². The lowest BCUT2D eigenvalue weighted by atomic mass is 10.2. The highest BCUT2D eigenvalue weighted by atomic mass is 16.6. The van der Waals surface area contributed by atoms with Crippen molar-refractivity contribution in [1.82, 2.24) is 9.80 Å². The van der Waals surface area contributed by atoms with E-state index >= 15 is 0 Å². The Kier molecular flexibility index (Phi) is 3.28. The maximum absolute atomic E-state index is 11.9. The summed E-state index contributed by atoms with van der Waals surface area (Å²) in [4.78, 5) is 15.8. The molecule has 0 radical (unpaired) electrons. The van der Waals surface area contributed by atoms with Gasteiger partial charge in [-0.25, -0.2) is 4.79 Å². The number of morpholine rings is 1. The number of nitrogens with zero attached hydrogens (tertiary/aromatic N) is 2. The molecule has 1 saturated heterocycles. The van der Waals surface area contributed by atoms with Gasteiger partial charge in [-0.15, -0.1) is 0 Å². The Bertz CT molecular complexity index is 333. The zero-order chi connectivity index (χ0) is 12.5. The molecule has 2 aliphatic heterocycles. The summed E-state index contributed by atoms with van der Waals surface area (Å²) < 4.78 is 10.7. The Labute approximate surface area is 102 Å². The monoisotopic (exact) mass is 240 g/mol.